The van der Waals surface area contributed by atoms with E-state index in [0.717, 1.165) is 5.56 Å². The maximum Gasteiger partial charge on any atom is 0.343 e. The maximum absolute atomic E-state index is 13.3. The summed E-state index contributed by atoms with van der Waals surface area (Å²) in [7, 11) is -2.36. The van der Waals surface area contributed by atoms with Gasteiger partial charge in [0.05, 0.1) is 5.56 Å². The Balaban J connectivity index is 1.79. The minimum Gasteiger partial charge on any atom is -0.419 e. The molecule has 0 spiro atoms. The van der Waals surface area contributed by atoms with Gasteiger partial charge in [0.25, 0.3) is 0 Å². The zero-order valence-electron chi connectivity index (χ0n) is 19.8. The van der Waals surface area contributed by atoms with E-state index in [1.807, 2.05) is 66.7 Å². The number of ether oxygens (including phenoxy) is 1. The molecule has 0 fully saturated rings. The van der Waals surface area contributed by atoms with Crippen LogP contribution in [0.25, 0.3) is 5.76 Å². The molecule has 0 amide bonds. The molecule has 0 aliphatic rings. The van der Waals surface area contributed by atoms with E-state index in [0.29, 0.717) is 11.3 Å². The summed E-state index contributed by atoms with van der Waals surface area (Å²) in [6.07, 6.45) is 0. The summed E-state index contributed by atoms with van der Waals surface area (Å²) in [5.74, 6) is 2.37. The second kappa shape index (κ2) is 11.0. The van der Waals surface area contributed by atoms with Gasteiger partial charge in [0.15, 0.2) is 5.76 Å². The van der Waals surface area contributed by atoms with Crippen LogP contribution >= 0.6 is 7.26 Å². The van der Waals surface area contributed by atoms with E-state index in [9.17, 15) is 4.79 Å². The molecule has 0 radical (unpaired) electrons. The molecule has 0 aliphatic carbocycles. The highest BCUT2D eigenvalue weighted by Gasteiger charge is 2.45. The van der Waals surface area contributed by atoms with Crippen molar-refractivity contribution in [3.05, 3.63) is 169 Å². The fourth-order valence-corrected chi connectivity index (χ4v) is 8.15. The average molecular weight is 486 g/mol. The van der Waals surface area contributed by atoms with Crippen molar-refractivity contribution in [2.24, 2.45) is 0 Å². The normalized spacial score (nSPS) is 11.6. The molecule has 0 N–H and O–H groups in total. The molecule has 0 saturated heterocycles. The van der Waals surface area contributed by atoms with Crippen LogP contribution in [0.2, 0.25) is 0 Å². The van der Waals surface area contributed by atoms with E-state index in [1.165, 1.54) is 15.9 Å². The Kier molecular flexibility index (Phi) is 7.17. The van der Waals surface area contributed by atoms with E-state index in [4.69, 9.17) is 4.74 Å². The molecule has 174 valence electrons. The lowest BCUT2D eigenvalue weighted by molar-refractivity contribution is 0.0692. The first kappa shape index (κ1) is 23.5. The number of benzene rings is 5. The van der Waals surface area contributed by atoms with Gasteiger partial charge in [-0.15, -0.1) is 0 Å². The summed E-state index contributed by atoms with van der Waals surface area (Å²) < 4.78 is 6.19. The van der Waals surface area contributed by atoms with Crippen LogP contribution in [0.5, 0.6) is 0 Å². The largest absolute Gasteiger partial charge is 0.419 e. The van der Waals surface area contributed by atoms with Gasteiger partial charge in [-0.1, -0.05) is 103 Å². The molecule has 0 heterocycles. The minimum atomic E-state index is -2.36. The van der Waals surface area contributed by atoms with E-state index in [1.54, 1.807) is 12.1 Å². The van der Waals surface area contributed by atoms with Crippen molar-refractivity contribution in [2.45, 2.75) is 0 Å². The molecule has 0 unspecified atom stereocenters. The Morgan fingerprint density at radius 1 is 0.472 bits per heavy atom. The summed E-state index contributed by atoms with van der Waals surface area (Å²) in [6.45, 7) is 0. The molecular formula is C33H26O2P+. The van der Waals surface area contributed by atoms with Crippen molar-refractivity contribution in [1.82, 2.24) is 0 Å². The summed E-state index contributed by atoms with van der Waals surface area (Å²) in [5, 5.41) is 3.56. The van der Waals surface area contributed by atoms with Crippen molar-refractivity contribution < 1.29 is 9.53 Å². The lowest BCUT2D eigenvalue weighted by Gasteiger charge is -2.25. The van der Waals surface area contributed by atoms with Gasteiger partial charge in [-0.05, 0) is 48.5 Å². The third kappa shape index (κ3) is 4.91. The van der Waals surface area contributed by atoms with E-state index >= 15 is 0 Å². The second-order valence-corrected chi connectivity index (χ2v) is 11.6. The number of carbonyl (C=O) groups is 1. The van der Waals surface area contributed by atoms with E-state index in [2.05, 4.69) is 78.6 Å². The van der Waals surface area contributed by atoms with Crippen LogP contribution < -0.4 is 15.9 Å². The Hall–Kier alpha value is -4.26. The summed E-state index contributed by atoms with van der Waals surface area (Å²) in [4.78, 5) is 13.3. The third-order valence-corrected chi connectivity index (χ3v) is 10.0. The first-order chi connectivity index (χ1) is 17.8. The van der Waals surface area contributed by atoms with Gasteiger partial charge in [-0.2, -0.15) is 0 Å². The van der Waals surface area contributed by atoms with Crippen LogP contribution in [0.4, 0.5) is 0 Å². The van der Waals surface area contributed by atoms with Crippen molar-refractivity contribution in [3.63, 3.8) is 0 Å². The van der Waals surface area contributed by atoms with Crippen LogP contribution in [0, 0.1) is 0 Å². The lowest BCUT2D eigenvalue weighted by atomic mass is 10.2. The standard InChI is InChI=1S/C33H26O2P/c34-33(28-18-8-2-9-19-28)35-32(27-16-6-1-7-17-27)26-36(29-20-10-3-11-21-29,30-22-12-4-13-23-30)31-24-14-5-15-25-31/h1-26H/q+1. The number of hydrogen-bond acceptors (Lipinski definition) is 2. The first-order valence-corrected chi connectivity index (χ1v) is 13.7. The minimum absolute atomic E-state index is 0.377. The summed E-state index contributed by atoms with van der Waals surface area (Å²) in [5.41, 5.74) is 1.37. The van der Waals surface area contributed by atoms with Gasteiger partial charge in [0.1, 0.15) is 29.0 Å². The molecule has 0 aliphatic heterocycles. The highest BCUT2D eigenvalue weighted by molar-refractivity contribution is 7.98. The fourth-order valence-electron chi connectivity index (χ4n) is 4.33. The smallest absolute Gasteiger partial charge is 0.343 e. The Labute approximate surface area is 212 Å². The van der Waals surface area contributed by atoms with Gasteiger partial charge >= 0.3 is 5.97 Å². The molecule has 5 aromatic carbocycles. The molecule has 2 nitrogen and oxygen atoms in total. The number of hydrogen-bond donors (Lipinski definition) is 0. The molecule has 0 saturated carbocycles. The van der Waals surface area contributed by atoms with Crippen LogP contribution in [0.3, 0.4) is 0 Å². The number of carbonyl (C=O) groups excluding carboxylic acids is 1. The molecule has 3 heteroatoms. The second-order valence-electron chi connectivity index (χ2n) is 8.34. The molecule has 5 rings (SSSR count). The van der Waals surface area contributed by atoms with Crippen LogP contribution in [0.15, 0.2) is 157 Å². The Morgan fingerprint density at radius 2 is 0.806 bits per heavy atom. The molecule has 0 bridgehead atoms. The first-order valence-electron chi connectivity index (χ1n) is 11.9. The number of esters is 1. The molecule has 36 heavy (non-hydrogen) atoms. The summed E-state index contributed by atoms with van der Waals surface area (Å²) >= 11 is 0. The lowest BCUT2D eigenvalue weighted by Crippen LogP contribution is -2.30. The zero-order chi connectivity index (χ0) is 24.6. The topological polar surface area (TPSA) is 26.3 Å². The van der Waals surface area contributed by atoms with Crippen LogP contribution in [-0.4, -0.2) is 5.97 Å². The van der Waals surface area contributed by atoms with E-state index in [-0.39, 0.29) is 5.97 Å². The van der Waals surface area contributed by atoms with E-state index < -0.39 is 7.26 Å². The Morgan fingerprint density at radius 3 is 1.19 bits per heavy atom. The van der Waals surface area contributed by atoms with Gasteiger partial charge in [0.2, 0.25) is 0 Å². The third-order valence-electron chi connectivity index (χ3n) is 6.07. The van der Waals surface area contributed by atoms with Gasteiger partial charge in [-0.25, -0.2) is 4.79 Å². The van der Waals surface area contributed by atoms with Crippen molar-refractivity contribution in [2.75, 3.05) is 0 Å². The number of rotatable bonds is 7. The highest BCUT2D eigenvalue weighted by Crippen LogP contribution is 2.58. The zero-order valence-corrected chi connectivity index (χ0v) is 20.7. The average Bonchev–Trinajstić information content (AvgIpc) is 2.97. The van der Waals surface area contributed by atoms with Crippen LogP contribution in [-0.2, 0) is 4.74 Å². The van der Waals surface area contributed by atoms with Crippen LogP contribution in [0.1, 0.15) is 15.9 Å². The van der Waals surface area contributed by atoms with Gasteiger partial charge in [0, 0.05) is 5.56 Å². The monoisotopic (exact) mass is 485 g/mol. The molecule has 0 atom stereocenters. The highest BCUT2D eigenvalue weighted by atomic mass is 31.2. The van der Waals surface area contributed by atoms with Crippen molar-refractivity contribution in [1.29, 1.82) is 0 Å². The predicted molar refractivity (Wildman–Crippen MR) is 151 cm³/mol. The van der Waals surface area contributed by atoms with Gasteiger partial charge in [-0.3, -0.25) is 0 Å². The molecule has 5 aromatic rings. The Bertz CT molecular complexity index is 1340. The molecular weight excluding hydrogens is 459 g/mol. The SMILES string of the molecule is O=C(OC(=C[P+](c1ccccc1)(c1ccccc1)c1ccccc1)c1ccccc1)c1ccccc1. The predicted octanol–water partition coefficient (Wildman–Crippen LogP) is 6.84. The fraction of sp³-hybridized carbons (Fsp3) is 0. The van der Waals surface area contributed by atoms with Crippen molar-refractivity contribution in [3.8, 4) is 0 Å². The quantitative estimate of drug-likeness (QED) is 0.143. The maximum atomic E-state index is 13.3. The van der Waals surface area contributed by atoms with Gasteiger partial charge < -0.3 is 4.74 Å². The summed E-state index contributed by atoms with van der Waals surface area (Å²) in [6, 6.07) is 50.6. The van der Waals surface area contributed by atoms with Crippen molar-refractivity contribution >= 4 is 34.9 Å². The molecule has 0 aromatic heterocycles.